The summed E-state index contributed by atoms with van der Waals surface area (Å²) in [5, 5.41) is 0. The molecule has 1 aliphatic rings. The van der Waals surface area contributed by atoms with Gasteiger partial charge in [-0.25, -0.2) is 0 Å². The summed E-state index contributed by atoms with van der Waals surface area (Å²) in [6, 6.07) is 7.70. The quantitative estimate of drug-likeness (QED) is 0.781. The average Bonchev–Trinajstić information content (AvgIpc) is 2.48. The molecule has 0 atom stereocenters. The van der Waals surface area contributed by atoms with E-state index in [1.165, 1.54) is 0 Å². The maximum atomic E-state index is 12.1. The zero-order chi connectivity index (χ0) is 13.7. The number of hydrogen-bond acceptors (Lipinski definition) is 3. The number of allylic oxidation sites excluding steroid dienone is 1. The highest BCUT2D eigenvalue weighted by atomic mass is 16.5. The maximum absolute atomic E-state index is 12.1. The molecule has 1 aromatic rings. The van der Waals surface area contributed by atoms with Gasteiger partial charge >= 0.3 is 0 Å². The smallest absolute Gasteiger partial charge is 0.246 e. The fraction of sp³-hybridized carbons (Fsp3) is 0.400. The Morgan fingerprint density at radius 1 is 1.26 bits per heavy atom. The lowest BCUT2D eigenvalue weighted by Crippen LogP contribution is -2.39. The molecule has 1 fully saturated rings. The molecule has 0 bridgehead atoms. The highest BCUT2D eigenvalue weighted by Crippen LogP contribution is 2.18. The normalized spacial score (nSPS) is 16.3. The number of methoxy groups -OCH3 is 1. The molecule has 0 unspecified atom stereocenters. The lowest BCUT2D eigenvalue weighted by atomic mass is 10.1. The molecule has 0 aromatic heterocycles. The lowest BCUT2D eigenvalue weighted by molar-refractivity contribution is -0.129. The molecule has 1 amide bonds. The third-order valence-electron chi connectivity index (χ3n) is 3.21. The summed E-state index contributed by atoms with van der Waals surface area (Å²) in [6.07, 6.45) is 1.69. The van der Waals surface area contributed by atoms with Crippen LogP contribution >= 0.6 is 0 Å². The van der Waals surface area contributed by atoms with Gasteiger partial charge in [-0.15, -0.1) is 0 Å². The van der Waals surface area contributed by atoms with Gasteiger partial charge in [-0.1, -0.05) is 12.1 Å². The van der Waals surface area contributed by atoms with Crippen molar-refractivity contribution < 1.29 is 14.3 Å². The molecule has 0 aliphatic carbocycles. The zero-order valence-electron chi connectivity index (χ0n) is 11.4. The Balaban J connectivity index is 2.06. The summed E-state index contributed by atoms with van der Waals surface area (Å²) in [5.74, 6) is 0.868. The van der Waals surface area contributed by atoms with Crippen LogP contribution in [0.4, 0.5) is 0 Å². The van der Waals surface area contributed by atoms with Gasteiger partial charge in [-0.3, -0.25) is 4.79 Å². The number of benzene rings is 1. The molecule has 4 nitrogen and oxygen atoms in total. The number of carbonyl (C=O) groups excluding carboxylic acids is 1. The third-order valence-corrected chi connectivity index (χ3v) is 3.21. The molecular formula is C15H19NO3. The number of carbonyl (C=O) groups is 1. The van der Waals surface area contributed by atoms with E-state index in [0.29, 0.717) is 26.3 Å². The van der Waals surface area contributed by atoms with Gasteiger partial charge in [0.1, 0.15) is 5.75 Å². The Morgan fingerprint density at radius 2 is 1.89 bits per heavy atom. The van der Waals surface area contributed by atoms with Gasteiger partial charge in [0.25, 0.3) is 0 Å². The van der Waals surface area contributed by atoms with Crippen LogP contribution in [0.5, 0.6) is 5.75 Å². The van der Waals surface area contributed by atoms with Crippen LogP contribution in [-0.2, 0) is 9.53 Å². The molecule has 1 heterocycles. The summed E-state index contributed by atoms with van der Waals surface area (Å²) in [5.41, 5.74) is 1.99. The van der Waals surface area contributed by atoms with E-state index in [-0.39, 0.29) is 5.91 Å². The van der Waals surface area contributed by atoms with E-state index in [9.17, 15) is 4.79 Å². The number of morpholine rings is 1. The Labute approximate surface area is 113 Å². The van der Waals surface area contributed by atoms with Crippen molar-refractivity contribution >= 4 is 11.5 Å². The first-order valence-electron chi connectivity index (χ1n) is 6.40. The zero-order valence-corrected chi connectivity index (χ0v) is 11.4. The molecule has 0 N–H and O–H groups in total. The van der Waals surface area contributed by atoms with Crippen molar-refractivity contribution in [2.75, 3.05) is 33.4 Å². The highest BCUT2D eigenvalue weighted by molar-refractivity contribution is 5.94. The third kappa shape index (κ3) is 3.58. The van der Waals surface area contributed by atoms with E-state index in [1.54, 1.807) is 13.2 Å². The second-order valence-electron chi connectivity index (χ2n) is 4.49. The topological polar surface area (TPSA) is 38.8 Å². The average molecular weight is 261 g/mol. The first-order valence-corrected chi connectivity index (χ1v) is 6.40. The molecule has 0 radical (unpaired) electrons. The number of rotatable bonds is 3. The van der Waals surface area contributed by atoms with E-state index in [1.807, 2.05) is 36.1 Å². The molecule has 0 spiro atoms. The first kappa shape index (κ1) is 13.6. The summed E-state index contributed by atoms with van der Waals surface area (Å²) >= 11 is 0. The van der Waals surface area contributed by atoms with Crippen molar-refractivity contribution in [3.8, 4) is 5.75 Å². The van der Waals surface area contributed by atoms with Crippen molar-refractivity contribution in [2.24, 2.45) is 0 Å². The van der Waals surface area contributed by atoms with E-state index in [2.05, 4.69) is 0 Å². The monoisotopic (exact) mass is 261 g/mol. The minimum absolute atomic E-state index is 0.0524. The molecule has 102 valence electrons. The summed E-state index contributed by atoms with van der Waals surface area (Å²) in [7, 11) is 1.64. The van der Waals surface area contributed by atoms with Crippen LogP contribution in [0.1, 0.15) is 12.5 Å². The highest BCUT2D eigenvalue weighted by Gasteiger charge is 2.14. The number of amides is 1. The molecule has 1 aliphatic heterocycles. The van der Waals surface area contributed by atoms with Crippen molar-refractivity contribution in [3.05, 3.63) is 35.9 Å². The van der Waals surface area contributed by atoms with Gasteiger partial charge in [0.2, 0.25) is 5.91 Å². The Hall–Kier alpha value is -1.81. The molecular weight excluding hydrogens is 242 g/mol. The van der Waals surface area contributed by atoms with E-state index < -0.39 is 0 Å². The van der Waals surface area contributed by atoms with Crippen LogP contribution in [0.3, 0.4) is 0 Å². The molecule has 1 saturated heterocycles. The fourth-order valence-electron chi connectivity index (χ4n) is 2.00. The standard InChI is InChI=1S/C15H19NO3/c1-12(13-3-5-14(18-2)6-4-13)11-15(17)16-7-9-19-10-8-16/h3-6,11H,7-10H2,1-2H3. The van der Waals surface area contributed by atoms with E-state index in [0.717, 1.165) is 16.9 Å². The van der Waals surface area contributed by atoms with Crippen molar-refractivity contribution in [1.82, 2.24) is 4.90 Å². The molecule has 19 heavy (non-hydrogen) atoms. The summed E-state index contributed by atoms with van der Waals surface area (Å²) in [4.78, 5) is 13.9. The van der Waals surface area contributed by atoms with Gasteiger partial charge in [-0.05, 0) is 30.2 Å². The molecule has 2 rings (SSSR count). The van der Waals surface area contributed by atoms with Gasteiger partial charge in [0.15, 0.2) is 0 Å². The molecule has 0 saturated carbocycles. The maximum Gasteiger partial charge on any atom is 0.246 e. The van der Waals surface area contributed by atoms with Gasteiger partial charge in [0.05, 0.1) is 20.3 Å². The second-order valence-corrected chi connectivity index (χ2v) is 4.49. The Bertz CT molecular complexity index is 459. The van der Waals surface area contributed by atoms with E-state index in [4.69, 9.17) is 9.47 Å². The minimum atomic E-state index is 0.0524. The SMILES string of the molecule is COc1ccc(C(C)=CC(=O)N2CCOCC2)cc1. The van der Waals surface area contributed by atoms with Crippen LogP contribution < -0.4 is 4.74 Å². The first-order chi connectivity index (χ1) is 9.20. The van der Waals surface area contributed by atoms with Crippen molar-refractivity contribution in [2.45, 2.75) is 6.92 Å². The van der Waals surface area contributed by atoms with Crippen molar-refractivity contribution in [1.29, 1.82) is 0 Å². The van der Waals surface area contributed by atoms with Crippen LogP contribution in [0, 0.1) is 0 Å². The van der Waals surface area contributed by atoms with Crippen LogP contribution in [0.15, 0.2) is 30.3 Å². The van der Waals surface area contributed by atoms with E-state index >= 15 is 0 Å². The minimum Gasteiger partial charge on any atom is -0.497 e. The predicted molar refractivity (Wildman–Crippen MR) is 74.0 cm³/mol. The predicted octanol–water partition coefficient (Wildman–Crippen LogP) is 1.96. The van der Waals surface area contributed by atoms with Crippen LogP contribution in [0.25, 0.3) is 5.57 Å². The van der Waals surface area contributed by atoms with Crippen molar-refractivity contribution in [3.63, 3.8) is 0 Å². The van der Waals surface area contributed by atoms with Gasteiger partial charge < -0.3 is 14.4 Å². The lowest BCUT2D eigenvalue weighted by Gasteiger charge is -2.25. The number of ether oxygens (including phenoxy) is 2. The Kier molecular flexibility index (Phi) is 4.58. The molecule has 4 heteroatoms. The molecule has 1 aromatic carbocycles. The number of nitrogens with zero attached hydrogens (tertiary/aromatic N) is 1. The van der Waals surface area contributed by atoms with Crippen LogP contribution in [0.2, 0.25) is 0 Å². The second kappa shape index (κ2) is 6.38. The number of hydrogen-bond donors (Lipinski definition) is 0. The fourth-order valence-corrected chi connectivity index (χ4v) is 2.00. The largest absolute Gasteiger partial charge is 0.497 e. The Morgan fingerprint density at radius 3 is 2.47 bits per heavy atom. The summed E-state index contributed by atoms with van der Waals surface area (Å²) in [6.45, 7) is 4.54. The van der Waals surface area contributed by atoms with Crippen LogP contribution in [-0.4, -0.2) is 44.2 Å². The van der Waals surface area contributed by atoms with Gasteiger partial charge in [0, 0.05) is 19.2 Å². The van der Waals surface area contributed by atoms with Gasteiger partial charge in [-0.2, -0.15) is 0 Å². The summed E-state index contributed by atoms with van der Waals surface area (Å²) < 4.78 is 10.4.